The molecule has 0 saturated carbocycles. The number of benzene rings is 1. The van der Waals surface area contributed by atoms with E-state index in [0.717, 1.165) is 22.6 Å². The van der Waals surface area contributed by atoms with Crippen LogP contribution in [-0.2, 0) is 6.54 Å². The fourth-order valence-electron chi connectivity index (χ4n) is 1.76. The van der Waals surface area contributed by atoms with Crippen molar-refractivity contribution in [2.75, 3.05) is 11.9 Å². The molecule has 0 saturated heterocycles. The quantitative estimate of drug-likeness (QED) is 0.861. The third-order valence-electron chi connectivity index (χ3n) is 2.74. The van der Waals surface area contributed by atoms with Crippen LogP contribution in [0.5, 0.6) is 5.88 Å². The molecule has 0 bridgehead atoms. The Morgan fingerprint density at radius 2 is 2.16 bits per heavy atom. The lowest BCUT2D eigenvalue weighted by Gasteiger charge is -2.11. The summed E-state index contributed by atoms with van der Waals surface area (Å²) >= 11 is 0. The summed E-state index contributed by atoms with van der Waals surface area (Å²) in [7, 11) is 0. The van der Waals surface area contributed by atoms with Gasteiger partial charge in [-0.3, -0.25) is 0 Å². The van der Waals surface area contributed by atoms with E-state index in [1.807, 2.05) is 38.1 Å². The van der Waals surface area contributed by atoms with Gasteiger partial charge in [-0.15, -0.1) is 0 Å². The first-order chi connectivity index (χ1) is 9.24. The Labute approximate surface area is 112 Å². The van der Waals surface area contributed by atoms with Gasteiger partial charge in [0.25, 0.3) is 0 Å². The third-order valence-corrected chi connectivity index (χ3v) is 2.74. The molecule has 2 rings (SSSR count). The van der Waals surface area contributed by atoms with Gasteiger partial charge in [0.05, 0.1) is 12.2 Å². The molecule has 0 unspecified atom stereocenters. The van der Waals surface area contributed by atoms with Crippen molar-refractivity contribution in [3.63, 3.8) is 0 Å². The highest BCUT2D eigenvalue weighted by Crippen LogP contribution is 2.24. The van der Waals surface area contributed by atoms with Crippen LogP contribution in [0.4, 0.5) is 11.5 Å². The Balaban J connectivity index is 2.25. The van der Waals surface area contributed by atoms with Crippen LogP contribution in [0.2, 0.25) is 0 Å². The van der Waals surface area contributed by atoms with Crippen LogP contribution >= 0.6 is 0 Å². The Bertz CT molecular complexity index is 557. The first-order valence-electron chi connectivity index (χ1n) is 6.25. The van der Waals surface area contributed by atoms with Crippen LogP contribution in [0.3, 0.4) is 0 Å². The molecule has 1 aromatic heterocycles. The topological polar surface area (TPSA) is 73.1 Å². The van der Waals surface area contributed by atoms with Crippen LogP contribution in [0.1, 0.15) is 18.1 Å². The summed E-state index contributed by atoms with van der Waals surface area (Å²) < 4.78 is 5.45. The molecule has 3 N–H and O–H groups in total. The van der Waals surface area contributed by atoms with Crippen molar-refractivity contribution >= 4 is 11.5 Å². The number of hydrogen-bond donors (Lipinski definition) is 2. The van der Waals surface area contributed by atoms with Crippen LogP contribution in [0, 0.1) is 6.92 Å². The van der Waals surface area contributed by atoms with Gasteiger partial charge in [0, 0.05) is 12.2 Å². The maximum atomic E-state index is 5.63. The fourth-order valence-corrected chi connectivity index (χ4v) is 1.76. The van der Waals surface area contributed by atoms with Crippen molar-refractivity contribution in [3.8, 4) is 5.88 Å². The summed E-state index contributed by atoms with van der Waals surface area (Å²) in [5.41, 5.74) is 8.55. The van der Waals surface area contributed by atoms with E-state index in [1.54, 1.807) is 0 Å². The van der Waals surface area contributed by atoms with Gasteiger partial charge in [0.2, 0.25) is 5.88 Å². The minimum Gasteiger partial charge on any atom is -0.478 e. The Kier molecular flexibility index (Phi) is 4.30. The van der Waals surface area contributed by atoms with E-state index in [9.17, 15) is 0 Å². The molecule has 19 heavy (non-hydrogen) atoms. The van der Waals surface area contributed by atoms with Crippen molar-refractivity contribution in [1.29, 1.82) is 0 Å². The maximum Gasteiger partial charge on any atom is 0.221 e. The summed E-state index contributed by atoms with van der Waals surface area (Å²) in [5, 5.41) is 3.26. The molecular formula is C14H18N4O. The lowest BCUT2D eigenvalue weighted by Crippen LogP contribution is -2.03. The number of nitrogens with zero attached hydrogens (tertiary/aromatic N) is 2. The van der Waals surface area contributed by atoms with Crippen LogP contribution in [-0.4, -0.2) is 16.6 Å². The third kappa shape index (κ3) is 3.20. The lowest BCUT2D eigenvalue weighted by atomic mass is 10.2. The number of hydrogen-bond acceptors (Lipinski definition) is 5. The van der Waals surface area contributed by atoms with Gasteiger partial charge >= 0.3 is 0 Å². The molecule has 0 radical (unpaired) electrons. The first-order valence-corrected chi connectivity index (χ1v) is 6.25. The monoisotopic (exact) mass is 258 g/mol. The Hall–Kier alpha value is -2.14. The second-order valence-electron chi connectivity index (χ2n) is 4.11. The predicted octanol–water partition coefficient (Wildman–Crippen LogP) is 2.39. The summed E-state index contributed by atoms with van der Waals surface area (Å²) in [4.78, 5) is 8.35. The average Bonchev–Trinajstić information content (AvgIpc) is 2.44. The Morgan fingerprint density at radius 3 is 2.89 bits per heavy atom. The van der Waals surface area contributed by atoms with Crippen molar-refractivity contribution < 1.29 is 4.74 Å². The van der Waals surface area contributed by atoms with Crippen LogP contribution in [0.15, 0.2) is 30.6 Å². The van der Waals surface area contributed by atoms with Gasteiger partial charge in [-0.05, 0) is 31.5 Å². The molecule has 1 aromatic carbocycles. The molecule has 0 aliphatic heterocycles. The lowest BCUT2D eigenvalue weighted by molar-refractivity contribution is 0.324. The average molecular weight is 258 g/mol. The van der Waals surface area contributed by atoms with E-state index in [4.69, 9.17) is 10.5 Å². The normalized spacial score (nSPS) is 10.3. The molecule has 0 spiro atoms. The van der Waals surface area contributed by atoms with Crippen molar-refractivity contribution in [2.24, 2.45) is 5.73 Å². The van der Waals surface area contributed by atoms with Crippen molar-refractivity contribution in [3.05, 3.63) is 41.7 Å². The number of rotatable bonds is 5. The van der Waals surface area contributed by atoms with E-state index in [0.29, 0.717) is 19.0 Å². The fraction of sp³-hybridized carbons (Fsp3) is 0.286. The molecule has 0 fully saturated rings. The Morgan fingerprint density at radius 1 is 1.32 bits per heavy atom. The highest BCUT2D eigenvalue weighted by atomic mass is 16.5. The summed E-state index contributed by atoms with van der Waals surface area (Å²) in [6.45, 7) is 4.96. The molecule has 1 heterocycles. The largest absolute Gasteiger partial charge is 0.478 e. The molecule has 0 aliphatic rings. The first kappa shape index (κ1) is 13.3. The summed E-state index contributed by atoms with van der Waals surface area (Å²) in [6, 6.07) is 7.93. The standard InChI is InChI=1S/C14H18N4O/c1-3-19-14-10(2)13(16-9-17-14)18-12-6-4-5-11(7-12)8-15/h4-7,9H,3,8,15H2,1-2H3,(H,16,17,18). The molecule has 100 valence electrons. The number of aromatic nitrogens is 2. The molecular weight excluding hydrogens is 240 g/mol. The van der Waals surface area contributed by atoms with E-state index >= 15 is 0 Å². The minimum atomic E-state index is 0.516. The highest BCUT2D eigenvalue weighted by Gasteiger charge is 2.08. The van der Waals surface area contributed by atoms with E-state index < -0.39 is 0 Å². The summed E-state index contributed by atoms with van der Waals surface area (Å²) in [5.74, 6) is 1.35. The molecule has 0 atom stereocenters. The van der Waals surface area contributed by atoms with Crippen molar-refractivity contribution in [1.82, 2.24) is 9.97 Å². The number of ether oxygens (including phenoxy) is 1. The molecule has 0 amide bonds. The van der Waals surface area contributed by atoms with Gasteiger partial charge < -0.3 is 15.8 Å². The smallest absolute Gasteiger partial charge is 0.221 e. The number of anilines is 2. The second-order valence-corrected chi connectivity index (χ2v) is 4.11. The zero-order valence-electron chi connectivity index (χ0n) is 11.2. The maximum absolute atomic E-state index is 5.63. The van der Waals surface area contributed by atoms with Gasteiger partial charge in [0.15, 0.2) is 0 Å². The number of nitrogens with two attached hydrogens (primary N) is 1. The minimum absolute atomic E-state index is 0.516. The molecule has 5 nitrogen and oxygen atoms in total. The highest BCUT2D eigenvalue weighted by molar-refractivity contribution is 5.61. The molecule has 0 aliphatic carbocycles. The van der Waals surface area contributed by atoms with Gasteiger partial charge in [-0.25, -0.2) is 9.97 Å². The zero-order valence-corrected chi connectivity index (χ0v) is 11.2. The van der Waals surface area contributed by atoms with Crippen LogP contribution < -0.4 is 15.8 Å². The molecule has 2 aromatic rings. The van der Waals surface area contributed by atoms with Gasteiger partial charge in [0.1, 0.15) is 12.1 Å². The molecule has 5 heteroatoms. The van der Waals surface area contributed by atoms with E-state index in [2.05, 4.69) is 15.3 Å². The van der Waals surface area contributed by atoms with Gasteiger partial charge in [-0.2, -0.15) is 0 Å². The van der Waals surface area contributed by atoms with Gasteiger partial charge in [-0.1, -0.05) is 12.1 Å². The SMILES string of the molecule is CCOc1ncnc(Nc2cccc(CN)c2)c1C. The van der Waals surface area contributed by atoms with Crippen LogP contribution in [0.25, 0.3) is 0 Å². The predicted molar refractivity (Wildman–Crippen MR) is 75.6 cm³/mol. The van der Waals surface area contributed by atoms with E-state index in [1.165, 1.54) is 6.33 Å². The summed E-state index contributed by atoms with van der Waals surface area (Å²) in [6.07, 6.45) is 1.49. The van der Waals surface area contributed by atoms with E-state index in [-0.39, 0.29) is 0 Å². The zero-order chi connectivity index (χ0) is 13.7. The van der Waals surface area contributed by atoms with Crippen molar-refractivity contribution in [2.45, 2.75) is 20.4 Å². The number of nitrogens with one attached hydrogen (secondary N) is 1. The second kappa shape index (κ2) is 6.15.